The van der Waals surface area contributed by atoms with Crippen molar-refractivity contribution in [3.05, 3.63) is 48.2 Å². The molecule has 3 aliphatic heterocycles. The summed E-state index contributed by atoms with van der Waals surface area (Å²) < 4.78 is 28.7. The molecule has 3 aliphatic rings. The molecule has 0 bridgehead atoms. The van der Waals surface area contributed by atoms with Crippen LogP contribution in [-0.2, 0) is 19.6 Å². The highest BCUT2D eigenvalue weighted by molar-refractivity contribution is 7.90. The van der Waals surface area contributed by atoms with E-state index in [0.29, 0.717) is 49.6 Å². The second kappa shape index (κ2) is 9.29. The highest BCUT2D eigenvalue weighted by atomic mass is 32.2. The highest BCUT2D eigenvalue weighted by Gasteiger charge is 2.34. The van der Waals surface area contributed by atoms with Crippen LogP contribution in [-0.4, -0.2) is 62.1 Å². The molecule has 1 aromatic heterocycles. The fraction of sp³-hybridized carbons (Fsp3) is 0.417. The fourth-order valence-corrected chi connectivity index (χ4v) is 6.21. The SMILES string of the molecule is NC(=O)C1CCCN(c2ccc(NC(=O)C3CCN(C4=NS(=O)(=O)c5ccccc54)CC3)cn2)C1. The Morgan fingerprint density at radius 3 is 2.46 bits per heavy atom. The number of nitrogens with one attached hydrogen (secondary N) is 1. The lowest BCUT2D eigenvalue weighted by Crippen LogP contribution is -2.41. The molecule has 1 unspecified atom stereocenters. The molecule has 11 heteroatoms. The zero-order chi connectivity index (χ0) is 24.6. The molecule has 4 heterocycles. The average Bonchev–Trinajstić information content (AvgIpc) is 3.15. The van der Waals surface area contributed by atoms with Gasteiger partial charge in [-0.1, -0.05) is 12.1 Å². The van der Waals surface area contributed by atoms with Gasteiger partial charge in [0.25, 0.3) is 10.0 Å². The summed E-state index contributed by atoms with van der Waals surface area (Å²) in [4.78, 5) is 33.1. The Kier molecular flexibility index (Phi) is 6.18. The van der Waals surface area contributed by atoms with Crippen molar-refractivity contribution in [3.63, 3.8) is 0 Å². The normalized spacial score (nSPS) is 21.8. The molecule has 0 radical (unpaired) electrons. The molecule has 184 valence electrons. The van der Waals surface area contributed by atoms with E-state index in [9.17, 15) is 18.0 Å². The second-order valence-electron chi connectivity index (χ2n) is 9.23. The Morgan fingerprint density at radius 1 is 0.971 bits per heavy atom. The zero-order valence-electron chi connectivity index (χ0n) is 19.3. The van der Waals surface area contributed by atoms with Crippen LogP contribution >= 0.6 is 0 Å². The summed E-state index contributed by atoms with van der Waals surface area (Å²) in [5, 5.41) is 2.94. The van der Waals surface area contributed by atoms with Crippen molar-refractivity contribution in [1.82, 2.24) is 9.88 Å². The molecule has 2 aromatic rings. The van der Waals surface area contributed by atoms with Crippen LogP contribution < -0.4 is 16.0 Å². The minimum atomic E-state index is -3.66. The van der Waals surface area contributed by atoms with Gasteiger partial charge in [0.05, 0.1) is 17.8 Å². The number of rotatable bonds is 4. The number of primary amides is 1. The van der Waals surface area contributed by atoms with Crippen LogP contribution in [0.4, 0.5) is 11.5 Å². The molecule has 1 atom stereocenters. The Morgan fingerprint density at radius 2 is 1.74 bits per heavy atom. The third kappa shape index (κ3) is 4.72. The first-order valence-electron chi connectivity index (χ1n) is 11.8. The number of nitrogens with zero attached hydrogens (tertiary/aromatic N) is 4. The van der Waals surface area contributed by atoms with E-state index in [1.807, 2.05) is 21.9 Å². The van der Waals surface area contributed by atoms with Gasteiger partial charge >= 0.3 is 0 Å². The van der Waals surface area contributed by atoms with Gasteiger partial charge in [-0.05, 0) is 49.9 Å². The molecule has 2 saturated heterocycles. The molecule has 0 spiro atoms. The number of likely N-dealkylation sites (tertiary alicyclic amines) is 1. The average molecular weight is 497 g/mol. The van der Waals surface area contributed by atoms with Crippen LogP contribution in [0.2, 0.25) is 0 Å². The van der Waals surface area contributed by atoms with E-state index >= 15 is 0 Å². The van der Waals surface area contributed by atoms with Gasteiger partial charge in [0.1, 0.15) is 10.7 Å². The minimum Gasteiger partial charge on any atom is -0.369 e. The lowest BCUT2D eigenvalue weighted by molar-refractivity contribution is -0.122. The predicted octanol–water partition coefficient (Wildman–Crippen LogP) is 1.58. The topological polar surface area (TPSA) is 138 Å². The molecule has 2 fully saturated rings. The number of piperidine rings is 2. The van der Waals surface area contributed by atoms with E-state index < -0.39 is 10.0 Å². The second-order valence-corrected chi connectivity index (χ2v) is 10.8. The van der Waals surface area contributed by atoms with Gasteiger partial charge in [-0.2, -0.15) is 8.42 Å². The number of nitrogens with two attached hydrogens (primary N) is 1. The van der Waals surface area contributed by atoms with Crippen LogP contribution in [0.25, 0.3) is 0 Å². The number of amidine groups is 1. The van der Waals surface area contributed by atoms with Gasteiger partial charge in [0.2, 0.25) is 11.8 Å². The number of amides is 2. The molecule has 35 heavy (non-hydrogen) atoms. The quantitative estimate of drug-likeness (QED) is 0.655. The van der Waals surface area contributed by atoms with Crippen molar-refractivity contribution in [1.29, 1.82) is 0 Å². The predicted molar refractivity (Wildman–Crippen MR) is 131 cm³/mol. The standard InChI is InChI=1S/C24H28N6O4S/c25-22(31)17-4-3-11-30(15-17)21-8-7-18(14-26-21)27-24(32)16-9-12-29(13-10-16)23-19-5-1-2-6-20(19)35(33,34)28-23/h1-2,5-8,14,16-17H,3-4,9-13,15H2,(H2,25,31)(H,27,32). The lowest BCUT2D eigenvalue weighted by atomic mass is 9.95. The van der Waals surface area contributed by atoms with Crippen molar-refractivity contribution in [3.8, 4) is 0 Å². The van der Waals surface area contributed by atoms with Gasteiger partial charge in [0.15, 0.2) is 5.84 Å². The first-order chi connectivity index (χ1) is 16.8. The van der Waals surface area contributed by atoms with E-state index in [-0.39, 0.29) is 28.5 Å². The number of fused-ring (bicyclic) bond motifs is 1. The van der Waals surface area contributed by atoms with E-state index in [1.54, 1.807) is 30.5 Å². The van der Waals surface area contributed by atoms with Crippen molar-refractivity contribution in [2.45, 2.75) is 30.6 Å². The Labute approximate surface area is 204 Å². The molecular formula is C24H28N6O4S. The van der Waals surface area contributed by atoms with Crippen LogP contribution in [0.3, 0.4) is 0 Å². The van der Waals surface area contributed by atoms with Gasteiger partial charge in [-0.3, -0.25) is 9.59 Å². The largest absolute Gasteiger partial charge is 0.369 e. The highest BCUT2D eigenvalue weighted by Crippen LogP contribution is 2.30. The number of anilines is 2. The maximum Gasteiger partial charge on any atom is 0.285 e. The van der Waals surface area contributed by atoms with E-state index in [4.69, 9.17) is 5.73 Å². The van der Waals surface area contributed by atoms with Crippen LogP contribution in [0.15, 0.2) is 51.9 Å². The van der Waals surface area contributed by atoms with Gasteiger partial charge < -0.3 is 20.9 Å². The van der Waals surface area contributed by atoms with Gasteiger partial charge in [-0.15, -0.1) is 4.40 Å². The van der Waals surface area contributed by atoms with Crippen LogP contribution in [0.5, 0.6) is 0 Å². The first kappa shape index (κ1) is 23.3. The third-order valence-corrected chi connectivity index (χ3v) is 8.27. The summed E-state index contributed by atoms with van der Waals surface area (Å²) >= 11 is 0. The summed E-state index contributed by atoms with van der Waals surface area (Å²) in [6, 6.07) is 10.5. The number of benzene rings is 1. The molecule has 0 aliphatic carbocycles. The lowest BCUT2D eigenvalue weighted by Gasteiger charge is -2.33. The van der Waals surface area contributed by atoms with Crippen molar-refractivity contribution >= 4 is 39.2 Å². The first-order valence-corrected chi connectivity index (χ1v) is 13.3. The Bertz CT molecular complexity index is 1270. The number of carbonyl (C=O) groups is 2. The van der Waals surface area contributed by atoms with Gasteiger partial charge in [0, 0.05) is 37.7 Å². The number of sulfonamides is 1. The van der Waals surface area contributed by atoms with Crippen LogP contribution in [0.1, 0.15) is 31.2 Å². The molecular weight excluding hydrogens is 468 g/mol. The molecule has 1 aromatic carbocycles. The number of aromatic nitrogens is 1. The number of hydrogen-bond acceptors (Lipinski definition) is 7. The Balaban J connectivity index is 1.17. The zero-order valence-corrected chi connectivity index (χ0v) is 20.1. The summed E-state index contributed by atoms with van der Waals surface area (Å²) in [6.45, 7) is 2.48. The summed E-state index contributed by atoms with van der Waals surface area (Å²) in [6.07, 6.45) is 4.51. The molecule has 5 rings (SSSR count). The smallest absolute Gasteiger partial charge is 0.285 e. The fourth-order valence-electron chi connectivity index (χ4n) is 4.98. The van der Waals surface area contributed by atoms with Crippen LogP contribution in [0, 0.1) is 11.8 Å². The summed E-state index contributed by atoms with van der Waals surface area (Å²) in [5.41, 5.74) is 6.70. The molecule has 0 saturated carbocycles. The maximum atomic E-state index is 12.9. The van der Waals surface area contributed by atoms with Crippen molar-refractivity contribution in [2.24, 2.45) is 22.0 Å². The van der Waals surface area contributed by atoms with Crippen molar-refractivity contribution < 1.29 is 18.0 Å². The van der Waals surface area contributed by atoms with E-state index in [2.05, 4.69) is 14.7 Å². The van der Waals surface area contributed by atoms with Gasteiger partial charge in [-0.25, -0.2) is 4.98 Å². The third-order valence-electron chi connectivity index (χ3n) is 6.94. The summed E-state index contributed by atoms with van der Waals surface area (Å²) in [5.74, 6) is 0.519. The summed E-state index contributed by atoms with van der Waals surface area (Å²) in [7, 11) is -3.66. The number of pyridine rings is 1. The number of hydrogen-bond donors (Lipinski definition) is 2. The monoisotopic (exact) mass is 496 g/mol. The number of carbonyl (C=O) groups excluding carboxylic acids is 2. The molecule has 3 N–H and O–H groups in total. The maximum absolute atomic E-state index is 12.9. The minimum absolute atomic E-state index is 0.0765. The van der Waals surface area contributed by atoms with Crippen molar-refractivity contribution in [2.75, 3.05) is 36.4 Å². The van der Waals surface area contributed by atoms with E-state index in [1.165, 1.54) is 0 Å². The molecule has 10 nitrogen and oxygen atoms in total. The van der Waals surface area contributed by atoms with E-state index in [0.717, 1.165) is 25.2 Å². The Hall–Kier alpha value is -3.47. The molecule has 2 amide bonds.